The number of hydrogen-bond acceptors (Lipinski definition) is 4. The minimum Gasteiger partial charge on any atom is -0.396 e. The van der Waals surface area contributed by atoms with Gasteiger partial charge < -0.3 is 15.4 Å². The van der Waals surface area contributed by atoms with Gasteiger partial charge in [-0.2, -0.15) is 0 Å². The molecule has 2 rings (SSSR count). The van der Waals surface area contributed by atoms with Gasteiger partial charge in [-0.05, 0) is 38.1 Å². The Hall–Kier alpha value is -1.81. The van der Waals surface area contributed by atoms with Crippen molar-refractivity contribution in [1.82, 2.24) is 4.98 Å². The number of pyridine rings is 1. The van der Waals surface area contributed by atoms with Crippen molar-refractivity contribution in [2.24, 2.45) is 0 Å². The van der Waals surface area contributed by atoms with E-state index in [1.807, 2.05) is 24.3 Å². The Labute approximate surface area is 114 Å². The number of nitrogens with zero attached hydrogens (tertiary/aromatic N) is 2. The van der Waals surface area contributed by atoms with Crippen molar-refractivity contribution in [1.29, 1.82) is 0 Å². The Morgan fingerprint density at radius 3 is 2.84 bits per heavy atom. The van der Waals surface area contributed by atoms with E-state index in [1.165, 1.54) is 0 Å². The number of likely N-dealkylation sites (N-methyl/N-ethyl adjacent to an activating group) is 1. The Morgan fingerprint density at radius 2 is 2.16 bits per heavy atom. The van der Waals surface area contributed by atoms with Gasteiger partial charge in [-0.25, -0.2) is 0 Å². The summed E-state index contributed by atoms with van der Waals surface area (Å²) in [5.41, 5.74) is 9.07. The average molecular weight is 259 g/mol. The van der Waals surface area contributed by atoms with E-state index < -0.39 is 0 Å². The van der Waals surface area contributed by atoms with Gasteiger partial charge >= 0.3 is 0 Å². The second-order valence-corrected chi connectivity index (χ2v) is 4.66. The van der Waals surface area contributed by atoms with Gasteiger partial charge in [-0.3, -0.25) is 4.98 Å². The highest BCUT2D eigenvalue weighted by Crippen LogP contribution is 2.31. The van der Waals surface area contributed by atoms with Gasteiger partial charge in [-0.1, -0.05) is 0 Å². The van der Waals surface area contributed by atoms with E-state index in [0.29, 0.717) is 6.61 Å². The lowest BCUT2D eigenvalue weighted by Crippen LogP contribution is -2.36. The lowest BCUT2D eigenvalue weighted by Gasteiger charge is -2.31. The topological polar surface area (TPSA) is 51.4 Å². The van der Waals surface area contributed by atoms with Crippen LogP contribution >= 0.6 is 0 Å². The smallest absolute Gasteiger partial charge is 0.0724 e. The standard InChI is InChI=1S/C15H21N3O/c1-4-18(11(2)10-19-3)14-8-7-13-12(15(14)16)6-5-9-17-13/h5-9,11H,4,10,16H2,1-3H3. The van der Waals surface area contributed by atoms with E-state index in [-0.39, 0.29) is 6.04 Å². The first kappa shape index (κ1) is 13.6. The number of rotatable bonds is 5. The fourth-order valence-corrected chi connectivity index (χ4v) is 2.46. The molecule has 4 nitrogen and oxygen atoms in total. The average Bonchev–Trinajstić information content (AvgIpc) is 2.43. The number of nitrogen functional groups attached to an aromatic ring is 1. The summed E-state index contributed by atoms with van der Waals surface area (Å²) in [5.74, 6) is 0. The number of aromatic nitrogens is 1. The highest BCUT2D eigenvalue weighted by Gasteiger charge is 2.16. The maximum atomic E-state index is 6.31. The van der Waals surface area contributed by atoms with Crippen molar-refractivity contribution in [3.05, 3.63) is 30.5 Å². The number of benzene rings is 1. The van der Waals surface area contributed by atoms with Gasteiger partial charge in [0.1, 0.15) is 0 Å². The number of nitrogens with two attached hydrogens (primary N) is 1. The minimum absolute atomic E-state index is 0.284. The summed E-state index contributed by atoms with van der Waals surface area (Å²) in [4.78, 5) is 6.58. The molecule has 0 saturated heterocycles. The molecular weight excluding hydrogens is 238 g/mol. The molecule has 0 amide bonds. The quantitative estimate of drug-likeness (QED) is 0.839. The van der Waals surface area contributed by atoms with Gasteiger partial charge in [0.15, 0.2) is 0 Å². The summed E-state index contributed by atoms with van der Waals surface area (Å²) in [6.45, 7) is 5.83. The summed E-state index contributed by atoms with van der Waals surface area (Å²) in [5, 5.41) is 1.00. The Balaban J connectivity index is 2.46. The zero-order chi connectivity index (χ0) is 13.8. The first-order valence-electron chi connectivity index (χ1n) is 6.57. The molecule has 0 aliphatic rings. The SMILES string of the molecule is CCN(c1ccc2ncccc2c1N)C(C)COC. The minimum atomic E-state index is 0.284. The molecule has 19 heavy (non-hydrogen) atoms. The molecule has 0 fully saturated rings. The lowest BCUT2D eigenvalue weighted by molar-refractivity contribution is 0.182. The molecule has 1 atom stereocenters. The molecule has 0 saturated carbocycles. The van der Waals surface area contributed by atoms with Crippen LogP contribution < -0.4 is 10.6 Å². The predicted molar refractivity (Wildman–Crippen MR) is 80.5 cm³/mol. The van der Waals surface area contributed by atoms with Crippen LogP contribution in [0.15, 0.2) is 30.5 Å². The number of hydrogen-bond donors (Lipinski definition) is 1. The fraction of sp³-hybridized carbons (Fsp3) is 0.400. The fourth-order valence-electron chi connectivity index (χ4n) is 2.46. The van der Waals surface area contributed by atoms with Crippen molar-refractivity contribution in [3.63, 3.8) is 0 Å². The van der Waals surface area contributed by atoms with E-state index in [2.05, 4.69) is 23.7 Å². The molecule has 1 aromatic heterocycles. The van der Waals surface area contributed by atoms with E-state index in [4.69, 9.17) is 10.5 Å². The normalized spacial score (nSPS) is 12.6. The third-order valence-corrected chi connectivity index (χ3v) is 3.39. The lowest BCUT2D eigenvalue weighted by atomic mass is 10.1. The third-order valence-electron chi connectivity index (χ3n) is 3.39. The highest BCUT2D eigenvalue weighted by atomic mass is 16.5. The van der Waals surface area contributed by atoms with Crippen molar-refractivity contribution < 1.29 is 4.74 Å². The first-order chi connectivity index (χ1) is 9.19. The second kappa shape index (κ2) is 5.89. The van der Waals surface area contributed by atoms with Gasteiger partial charge in [-0.15, -0.1) is 0 Å². The number of fused-ring (bicyclic) bond motifs is 1. The molecule has 2 N–H and O–H groups in total. The van der Waals surface area contributed by atoms with Crippen LogP contribution in [-0.4, -0.2) is 31.3 Å². The molecule has 1 unspecified atom stereocenters. The number of ether oxygens (including phenoxy) is 1. The van der Waals surface area contributed by atoms with Crippen LogP contribution in [0.4, 0.5) is 11.4 Å². The molecule has 0 spiro atoms. The maximum absolute atomic E-state index is 6.31. The molecule has 4 heteroatoms. The largest absolute Gasteiger partial charge is 0.396 e. The Kier molecular flexibility index (Phi) is 4.22. The van der Waals surface area contributed by atoms with E-state index in [0.717, 1.165) is 28.8 Å². The summed E-state index contributed by atoms with van der Waals surface area (Å²) in [7, 11) is 1.72. The molecule has 0 aliphatic heterocycles. The Morgan fingerprint density at radius 1 is 1.37 bits per heavy atom. The van der Waals surface area contributed by atoms with E-state index in [1.54, 1.807) is 13.3 Å². The van der Waals surface area contributed by atoms with Crippen LogP contribution in [0.2, 0.25) is 0 Å². The van der Waals surface area contributed by atoms with Crippen LogP contribution in [0.1, 0.15) is 13.8 Å². The van der Waals surface area contributed by atoms with Crippen LogP contribution in [0.5, 0.6) is 0 Å². The summed E-state index contributed by atoms with van der Waals surface area (Å²) >= 11 is 0. The summed E-state index contributed by atoms with van der Waals surface area (Å²) in [6, 6.07) is 8.27. The second-order valence-electron chi connectivity index (χ2n) is 4.66. The van der Waals surface area contributed by atoms with Crippen molar-refractivity contribution in [3.8, 4) is 0 Å². The van der Waals surface area contributed by atoms with Crippen LogP contribution in [0, 0.1) is 0 Å². The van der Waals surface area contributed by atoms with E-state index >= 15 is 0 Å². The Bertz CT molecular complexity index is 556. The first-order valence-corrected chi connectivity index (χ1v) is 6.57. The zero-order valence-corrected chi connectivity index (χ0v) is 11.8. The van der Waals surface area contributed by atoms with Gasteiger partial charge in [0.2, 0.25) is 0 Å². The van der Waals surface area contributed by atoms with Crippen LogP contribution in [0.3, 0.4) is 0 Å². The third kappa shape index (κ3) is 2.63. The predicted octanol–water partition coefficient (Wildman–Crippen LogP) is 2.68. The van der Waals surface area contributed by atoms with Gasteiger partial charge in [0, 0.05) is 31.3 Å². The monoisotopic (exact) mass is 259 g/mol. The zero-order valence-electron chi connectivity index (χ0n) is 11.8. The van der Waals surface area contributed by atoms with Crippen molar-refractivity contribution in [2.75, 3.05) is 30.9 Å². The molecule has 0 radical (unpaired) electrons. The molecule has 0 bridgehead atoms. The number of methoxy groups -OCH3 is 1. The van der Waals surface area contributed by atoms with Gasteiger partial charge in [0.05, 0.1) is 23.5 Å². The summed E-state index contributed by atoms with van der Waals surface area (Å²) in [6.07, 6.45) is 1.78. The summed E-state index contributed by atoms with van der Waals surface area (Å²) < 4.78 is 5.24. The molecule has 0 aliphatic carbocycles. The van der Waals surface area contributed by atoms with Crippen molar-refractivity contribution >= 4 is 22.3 Å². The molecular formula is C15H21N3O. The molecule has 2 aromatic rings. The molecule has 102 valence electrons. The molecule has 1 aromatic carbocycles. The van der Waals surface area contributed by atoms with Crippen LogP contribution in [-0.2, 0) is 4.74 Å². The van der Waals surface area contributed by atoms with Crippen molar-refractivity contribution in [2.45, 2.75) is 19.9 Å². The maximum Gasteiger partial charge on any atom is 0.0724 e. The van der Waals surface area contributed by atoms with E-state index in [9.17, 15) is 0 Å². The van der Waals surface area contributed by atoms with Gasteiger partial charge in [0.25, 0.3) is 0 Å². The van der Waals surface area contributed by atoms with Crippen LogP contribution in [0.25, 0.3) is 10.9 Å². The molecule has 1 heterocycles. The number of anilines is 2. The highest BCUT2D eigenvalue weighted by molar-refractivity contribution is 5.97.